The standard InChI is InChI=1S/C65H54Si2/c1-47-43-49(37-41-63(47)66(53-23-11-5-12-24-53,54-25-13-6-14-26-54)55-27-15-7-16-28-55)51-35-39-59-60-40-36-52(46-62(60)65(3,4)61(59)45-51)50-38-42-64(48(2)44-50)67(56-29-17-8-18-30-56,57-31-19-9-20-32-57)58-33-21-10-22-34-58/h5-46H,1-4H3. The molecule has 0 atom stereocenters. The van der Waals surface area contributed by atoms with E-state index >= 15 is 0 Å². The van der Waals surface area contributed by atoms with Crippen LogP contribution in [0.15, 0.2) is 255 Å². The van der Waals surface area contributed by atoms with Crippen molar-refractivity contribution in [2.75, 3.05) is 0 Å². The molecule has 67 heavy (non-hydrogen) atoms. The first kappa shape index (κ1) is 42.3. The van der Waals surface area contributed by atoms with E-state index < -0.39 is 16.1 Å². The summed E-state index contributed by atoms with van der Waals surface area (Å²) in [5, 5.41) is 11.2. The molecule has 0 nitrogen and oxygen atoms in total. The van der Waals surface area contributed by atoms with Crippen LogP contribution < -0.4 is 41.5 Å². The summed E-state index contributed by atoms with van der Waals surface area (Å²) in [6.45, 7) is 9.47. The average Bonchev–Trinajstić information content (AvgIpc) is 3.61. The van der Waals surface area contributed by atoms with Crippen LogP contribution in [0, 0.1) is 13.8 Å². The molecule has 2 heteroatoms. The third kappa shape index (κ3) is 6.94. The number of fused-ring (bicyclic) bond motifs is 3. The van der Waals surface area contributed by atoms with E-state index in [9.17, 15) is 0 Å². The van der Waals surface area contributed by atoms with Gasteiger partial charge in [0, 0.05) is 5.41 Å². The molecule has 0 saturated carbocycles. The predicted octanol–water partition coefficient (Wildman–Crippen LogP) is 10.7. The Morgan fingerprint density at radius 3 is 0.761 bits per heavy atom. The maximum absolute atomic E-state index is 2.65. The van der Waals surface area contributed by atoms with Gasteiger partial charge in [0.25, 0.3) is 0 Å². The lowest BCUT2D eigenvalue weighted by atomic mass is 9.80. The molecule has 0 radical (unpaired) electrons. The van der Waals surface area contributed by atoms with Crippen molar-refractivity contribution in [2.24, 2.45) is 0 Å². The summed E-state index contributed by atoms with van der Waals surface area (Å²) in [6.07, 6.45) is 0. The maximum Gasteiger partial charge on any atom is 0.179 e. The zero-order chi connectivity index (χ0) is 45.6. The van der Waals surface area contributed by atoms with Crippen LogP contribution in [0.1, 0.15) is 36.1 Å². The summed E-state index contributed by atoms with van der Waals surface area (Å²) in [5.41, 5.74) is 12.9. The minimum atomic E-state index is -2.65. The molecule has 0 amide bonds. The van der Waals surface area contributed by atoms with Gasteiger partial charge >= 0.3 is 0 Å². The highest BCUT2D eigenvalue weighted by atomic mass is 28.3. The van der Waals surface area contributed by atoms with E-state index in [1.807, 2.05) is 0 Å². The molecule has 11 rings (SSSR count). The van der Waals surface area contributed by atoms with Crippen LogP contribution >= 0.6 is 0 Å². The van der Waals surface area contributed by atoms with Gasteiger partial charge in [-0.3, -0.25) is 0 Å². The van der Waals surface area contributed by atoms with Crippen LogP contribution in [0.3, 0.4) is 0 Å². The van der Waals surface area contributed by atoms with Crippen molar-refractivity contribution in [3.05, 3.63) is 277 Å². The molecule has 0 spiro atoms. The van der Waals surface area contributed by atoms with Crippen LogP contribution in [0.25, 0.3) is 33.4 Å². The number of hydrogen-bond donors (Lipinski definition) is 0. The highest BCUT2D eigenvalue weighted by Crippen LogP contribution is 2.50. The molecule has 1 aliphatic rings. The van der Waals surface area contributed by atoms with Crippen molar-refractivity contribution in [3.8, 4) is 33.4 Å². The van der Waals surface area contributed by atoms with E-state index in [1.54, 1.807) is 0 Å². The maximum atomic E-state index is 2.47. The Balaban J connectivity index is 0.967. The number of aryl methyl sites for hydroxylation is 2. The molecule has 10 aromatic carbocycles. The second-order valence-electron chi connectivity index (χ2n) is 18.9. The highest BCUT2D eigenvalue weighted by Gasteiger charge is 2.44. The Morgan fingerprint density at radius 2 is 0.507 bits per heavy atom. The van der Waals surface area contributed by atoms with Gasteiger partial charge in [-0.25, -0.2) is 0 Å². The Morgan fingerprint density at radius 1 is 0.269 bits per heavy atom. The molecule has 0 heterocycles. The van der Waals surface area contributed by atoms with Gasteiger partial charge in [-0.05, 0) is 112 Å². The predicted molar refractivity (Wildman–Crippen MR) is 292 cm³/mol. The fourth-order valence-electron chi connectivity index (χ4n) is 11.7. The van der Waals surface area contributed by atoms with Gasteiger partial charge in [-0.2, -0.15) is 0 Å². The lowest BCUT2D eigenvalue weighted by Crippen LogP contribution is -2.75. The van der Waals surface area contributed by atoms with E-state index in [0.717, 1.165) is 0 Å². The molecule has 322 valence electrons. The number of benzene rings is 10. The van der Waals surface area contributed by atoms with Gasteiger partial charge < -0.3 is 0 Å². The summed E-state index contributed by atoms with van der Waals surface area (Å²) in [4.78, 5) is 0. The first-order chi connectivity index (χ1) is 32.8. The third-order valence-electron chi connectivity index (χ3n) is 14.8. The molecule has 0 aliphatic heterocycles. The van der Waals surface area contributed by atoms with Crippen molar-refractivity contribution in [1.29, 1.82) is 0 Å². The van der Waals surface area contributed by atoms with Crippen LogP contribution in [0.2, 0.25) is 0 Å². The molecule has 0 aromatic heterocycles. The SMILES string of the molecule is Cc1cc(-c2ccc3c(c2)C(C)(C)c2cc(-c4ccc([Si](c5ccccc5)(c5ccccc5)c5ccccc5)c(C)c4)ccc2-3)ccc1[Si](c1ccccc1)(c1ccccc1)c1ccccc1. The summed E-state index contributed by atoms with van der Waals surface area (Å²) < 4.78 is 0. The van der Waals surface area contributed by atoms with E-state index in [0.29, 0.717) is 0 Å². The van der Waals surface area contributed by atoms with Gasteiger partial charge in [-0.15, -0.1) is 0 Å². The molecule has 0 fully saturated rings. The molecular weight excluding hydrogens is 837 g/mol. The van der Waals surface area contributed by atoms with Crippen molar-refractivity contribution in [2.45, 2.75) is 33.1 Å². The Hall–Kier alpha value is -7.37. The molecule has 0 saturated heterocycles. The largest absolute Gasteiger partial charge is 0.179 e. The van der Waals surface area contributed by atoms with E-state index in [-0.39, 0.29) is 5.41 Å². The van der Waals surface area contributed by atoms with E-state index in [1.165, 1.54) is 97.1 Å². The first-order valence-electron chi connectivity index (χ1n) is 23.7. The molecule has 0 bridgehead atoms. The van der Waals surface area contributed by atoms with E-state index in [4.69, 9.17) is 0 Å². The third-order valence-corrected chi connectivity index (χ3v) is 24.8. The van der Waals surface area contributed by atoms with Gasteiger partial charge in [0.1, 0.15) is 0 Å². The van der Waals surface area contributed by atoms with Gasteiger partial charge in [-0.1, -0.05) is 268 Å². The van der Waals surface area contributed by atoms with Gasteiger partial charge in [0.05, 0.1) is 0 Å². The lowest BCUT2D eigenvalue weighted by molar-refractivity contribution is 0.661. The van der Waals surface area contributed by atoms with E-state index in [2.05, 4.69) is 282 Å². The zero-order valence-electron chi connectivity index (χ0n) is 38.7. The van der Waals surface area contributed by atoms with Crippen molar-refractivity contribution < 1.29 is 0 Å². The molecule has 0 N–H and O–H groups in total. The lowest BCUT2D eigenvalue weighted by Gasteiger charge is -2.35. The smallest absolute Gasteiger partial charge is 0.0623 e. The fourth-order valence-corrected chi connectivity index (χ4v) is 21.7. The minimum absolute atomic E-state index is 0.174. The number of hydrogen-bond acceptors (Lipinski definition) is 0. The fraction of sp³-hybridized carbons (Fsp3) is 0.0769. The van der Waals surface area contributed by atoms with Crippen LogP contribution in [0.5, 0.6) is 0 Å². The Labute approximate surface area is 399 Å². The summed E-state index contributed by atoms with van der Waals surface area (Å²) >= 11 is 0. The average molecular weight is 891 g/mol. The minimum Gasteiger partial charge on any atom is -0.0623 e. The molecule has 0 unspecified atom stereocenters. The topological polar surface area (TPSA) is 0 Å². The van der Waals surface area contributed by atoms with Crippen LogP contribution in [-0.2, 0) is 5.41 Å². The van der Waals surface area contributed by atoms with Crippen molar-refractivity contribution in [1.82, 2.24) is 0 Å². The molecule has 10 aromatic rings. The second-order valence-corrected chi connectivity index (χ2v) is 26.4. The first-order valence-corrected chi connectivity index (χ1v) is 27.7. The normalized spacial score (nSPS) is 12.9. The number of rotatable bonds is 10. The molecule has 1 aliphatic carbocycles. The van der Waals surface area contributed by atoms with Gasteiger partial charge in [0.2, 0.25) is 0 Å². The highest BCUT2D eigenvalue weighted by molar-refractivity contribution is 7.20. The van der Waals surface area contributed by atoms with Crippen LogP contribution in [-0.4, -0.2) is 16.1 Å². The van der Waals surface area contributed by atoms with Crippen molar-refractivity contribution in [3.63, 3.8) is 0 Å². The Kier molecular flexibility index (Phi) is 10.8. The van der Waals surface area contributed by atoms with Crippen LogP contribution in [0.4, 0.5) is 0 Å². The quantitative estimate of drug-likeness (QED) is 0.0948. The Bertz CT molecular complexity index is 2940. The summed E-state index contributed by atoms with van der Waals surface area (Å²) in [6, 6.07) is 96.3. The summed E-state index contributed by atoms with van der Waals surface area (Å²) in [7, 11) is -5.29. The van der Waals surface area contributed by atoms with Crippen molar-refractivity contribution >= 4 is 57.6 Å². The molecular formula is C65H54Si2. The zero-order valence-corrected chi connectivity index (χ0v) is 40.7. The second kappa shape index (κ2) is 17.1. The summed E-state index contributed by atoms with van der Waals surface area (Å²) in [5.74, 6) is 0. The van der Waals surface area contributed by atoms with Gasteiger partial charge in [0.15, 0.2) is 16.1 Å². The monoisotopic (exact) mass is 890 g/mol.